The summed E-state index contributed by atoms with van der Waals surface area (Å²) < 4.78 is 0. The fourth-order valence-corrected chi connectivity index (χ4v) is 1.24. The summed E-state index contributed by atoms with van der Waals surface area (Å²) >= 11 is 0. The Morgan fingerprint density at radius 2 is 1.76 bits per heavy atom. The van der Waals surface area contributed by atoms with Crippen LogP contribution >= 0.6 is 0 Å². The Kier molecular flexibility index (Phi) is 7.61. The minimum Gasteiger partial charge on any atom is -0.269 e. The van der Waals surface area contributed by atoms with Crippen LogP contribution in [0.2, 0.25) is 0 Å². The molecule has 0 aromatic heterocycles. The lowest BCUT2D eigenvalue weighted by Gasteiger charge is -2.04. The van der Waals surface area contributed by atoms with E-state index in [9.17, 15) is 0 Å². The average molecular weight is 230 g/mol. The molecule has 0 N–H and O–H groups in total. The highest BCUT2D eigenvalue weighted by atomic mass is 14.8. The van der Waals surface area contributed by atoms with Crippen molar-refractivity contribution in [2.75, 3.05) is 0 Å². The predicted molar refractivity (Wildman–Crippen MR) is 78.7 cm³/mol. The Labute approximate surface area is 105 Å². The lowest BCUT2D eigenvalue weighted by atomic mass is 10.1. The third-order valence-corrected chi connectivity index (χ3v) is 2.13. The van der Waals surface area contributed by atoms with Gasteiger partial charge in [-0.1, -0.05) is 24.8 Å². The lowest BCUT2D eigenvalue weighted by Crippen LogP contribution is -1.96. The molecule has 2 nitrogen and oxygen atoms in total. The quantitative estimate of drug-likeness (QED) is 0.491. The van der Waals surface area contributed by atoms with Gasteiger partial charge in [-0.2, -0.15) is 0 Å². The molecular weight excluding hydrogens is 208 g/mol. The van der Waals surface area contributed by atoms with Crippen LogP contribution in [0.25, 0.3) is 0 Å². The van der Waals surface area contributed by atoms with E-state index in [1.54, 1.807) is 6.21 Å². The third kappa shape index (κ3) is 5.81. The molecule has 0 heterocycles. The number of hydrogen-bond acceptors (Lipinski definition) is 2. The van der Waals surface area contributed by atoms with Crippen molar-refractivity contribution in [3.8, 4) is 0 Å². The Bertz CT molecular complexity index is 405. The van der Waals surface area contributed by atoms with E-state index in [2.05, 4.69) is 16.6 Å². The molecule has 92 valence electrons. The van der Waals surface area contributed by atoms with Crippen LogP contribution in [0, 0.1) is 0 Å². The minimum absolute atomic E-state index is 0.915. The molecule has 17 heavy (non-hydrogen) atoms. The van der Waals surface area contributed by atoms with E-state index < -0.39 is 0 Å². The van der Waals surface area contributed by atoms with Crippen LogP contribution in [-0.4, -0.2) is 11.9 Å². The van der Waals surface area contributed by atoms with E-state index in [-0.39, 0.29) is 0 Å². The maximum Gasteiger partial charge on any atom is 0.0613 e. The summed E-state index contributed by atoms with van der Waals surface area (Å²) in [6.07, 6.45) is 9.50. The van der Waals surface area contributed by atoms with Gasteiger partial charge in [0.1, 0.15) is 0 Å². The number of allylic oxidation sites excluding steroid dienone is 5. The third-order valence-electron chi connectivity index (χ3n) is 2.13. The lowest BCUT2D eigenvalue weighted by molar-refractivity contribution is 1.27. The highest BCUT2D eigenvalue weighted by Crippen LogP contribution is 2.11. The molecule has 0 aromatic carbocycles. The van der Waals surface area contributed by atoms with Gasteiger partial charge in [0.05, 0.1) is 5.70 Å². The fraction of sp³-hybridized carbons (Fsp3) is 0.333. The van der Waals surface area contributed by atoms with E-state index in [1.807, 2.05) is 59.0 Å². The highest BCUT2D eigenvalue weighted by Gasteiger charge is 2.00. The topological polar surface area (TPSA) is 24.7 Å². The van der Waals surface area contributed by atoms with Gasteiger partial charge in [0.2, 0.25) is 0 Å². The highest BCUT2D eigenvalue weighted by molar-refractivity contribution is 6.01. The molecule has 0 atom stereocenters. The molecule has 0 aliphatic heterocycles. The summed E-state index contributed by atoms with van der Waals surface area (Å²) in [4.78, 5) is 8.68. The summed E-state index contributed by atoms with van der Waals surface area (Å²) in [7, 11) is 0. The van der Waals surface area contributed by atoms with Gasteiger partial charge < -0.3 is 0 Å². The van der Waals surface area contributed by atoms with Gasteiger partial charge in [-0.05, 0) is 40.2 Å². The van der Waals surface area contributed by atoms with E-state index >= 15 is 0 Å². The van der Waals surface area contributed by atoms with Crippen molar-refractivity contribution < 1.29 is 0 Å². The molecule has 2 heteroatoms. The van der Waals surface area contributed by atoms with Crippen molar-refractivity contribution in [1.82, 2.24) is 0 Å². The van der Waals surface area contributed by atoms with Crippen LogP contribution in [0.15, 0.2) is 57.8 Å². The second-order valence-corrected chi connectivity index (χ2v) is 3.64. The van der Waals surface area contributed by atoms with Crippen molar-refractivity contribution in [2.45, 2.75) is 34.6 Å². The molecule has 0 spiro atoms. The van der Waals surface area contributed by atoms with E-state index in [0.717, 1.165) is 22.6 Å². The normalized spacial score (nSPS) is 15.0. The van der Waals surface area contributed by atoms with Gasteiger partial charge in [-0.3, -0.25) is 9.98 Å². The first-order valence-electron chi connectivity index (χ1n) is 5.75. The number of aliphatic imine (C=N–C) groups is 2. The molecule has 0 unspecified atom stereocenters. The van der Waals surface area contributed by atoms with E-state index in [1.165, 1.54) is 0 Å². The zero-order valence-corrected chi connectivity index (χ0v) is 11.5. The number of nitrogens with zero attached hydrogens (tertiary/aromatic N) is 2. The first kappa shape index (κ1) is 15.3. The minimum atomic E-state index is 0.915. The Balaban J connectivity index is 5.28. The molecule has 0 aliphatic carbocycles. The summed E-state index contributed by atoms with van der Waals surface area (Å²) in [6, 6.07) is 0. The van der Waals surface area contributed by atoms with Gasteiger partial charge in [-0.15, -0.1) is 0 Å². The average Bonchev–Trinajstić information content (AvgIpc) is 2.30. The molecule has 0 saturated carbocycles. The molecule has 0 aliphatic rings. The van der Waals surface area contributed by atoms with Crippen LogP contribution in [0.4, 0.5) is 0 Å². The smallest absolute Gasteiger partial charge is 0.0613 e. The maximum absolute atomic E-state index is 4.55. The van der Waals surface area contributed by atoms with Crippen LogP contribution < -0.4 is 0 Å². The fourth-order valence-electron chi connectivity index (χ4n) is 1.24. The van der Waals surface area contributed by atoms with E-state index in [0.29, 0.717) is 0 Å². The van der Waals surface area contributed by atoms with Gasteiger partial charge in [-0.25, -0.2) is 0 Å². The van der Waals surface area contributed by atoms with Gasteiger partial charge >= 0.3 is 0 Å². The molecule has 0 bridgehead atoms. The zero-order valence-electron chi connectivity index (χ0n) is 11.5. The second kappa shape index (κ2) is 8.45. The monoisotopic (exact) mass is 230 g/mol. The number of rotatable bonds is 5. The van der Waals surface area contributed by atoms with Crippen molar-refractivity contribution in [2.24, 2.45) is 9.98 Å². The van der Waals surface area contributed by atoms with Crippen molar-refractivity contribution >= 4 is 11.9 Å². The maximum atomic E-state index is 4.55. The van der Waals surface area contributed by atoms with Crippen LogP contribution in [-0.2, 0) is 0 Å². The molecule has 0 aromatic rings. The Hall–Kier alpha value is -1.70. The number of hydrogen-bond donors (Lipinski definition) is 0. The van der Waals surface area contributed by atoms with E-state index in [4.69, 9.17) is 0 Å². The van der Waals surface area contributed by atoms with Crippen molar-refractivity contribution in [1.29, 1.82) is 0 Å². The summed E-state index contributed by atoms with van der Waals surface area (Å²) in [5.74, 6) is 0. The molecule has 0 amide bonds. The standard InChI is InChI=1S/C15H22N2/c1-7-10-14(11-16-9-3)13(6)17-15(8-2)12(4)5/h7-11H,4H2,1-3,5-6H3/b10-7-,14-11+,15-8-,16-9?,17-13-. The summed E-state index contributed by atoms with van der Waals surface area (Å²) in [5, 5.41) is 0. The zero-order chi connectivity index (χ0) is 13.3. The molecule has 0 saturated heterocycles. The van der Waals surface area contributed by atoms with Gasteiger partial charge in [0.15, 0.2) is 0 Å². The Morgan fingerprint density at radius 3 is 2.18 bits per heavy atom. The summed E-state index contributed by atoms with van der Waals surface area (Å²) in [6.45, 7) is 13.7. The first-order valence-corrected chi connectivity index (χ1v) is 5.75. The van der Waals surface area contributed by atoms with Crippen LogP contribution in [0.1, 0.15) is 34.6 Å². The van der Waals surface area contributed by atoms with Crippen LogP contribution in [0.5, 0.6) is 0 Å². The molecule has 0 fully saturated rings. The molecule has 0 radical (unpaired) electrons. The summed E-state index contributed by atoms with van der Waals surface area (Å²) in [5.41, 5.74) is 3.82. The molecule has 0 rings (SSSR count). The van der Waals surface area contributed by atoms with Gasteiger partial charge in [0, 0.05) is 23.7 Å². The van der Waals surface area contributed by atoms with Crippen LogP contribution in [0.3, 0.4) is 0 Å². The Morgan fingerprint density at radius 1 is 1.12 bits per heavy atom. The predicted octanol–water partition coefficient (Wildman–Crippen LogP) is 4.48. The second-order valence-electron chi connectivity index (χ2n) is 3.64. The SMILES string of the molecule is C=C(C)C(=C/C)/N=C(C)\C(\C=C/C)=C\N=CC. The molecular formula is C15H22N2. The first-order chi connectivity index (χ1) is 8.06. The largest absolute Gasteiger partial charge is 0.269 e. The van der Waals surface area contributed by atoms with Crippen molar-refractivity contribution in [3.63, 3.8) is 0 Å². The van der Waals surface area contributed by atoms with Gasteiger partial charge in [0.25, 0.3) is 0 Å². The van der Waals surface area contributed by atoms with Crippen molar-refractivity contribution in [3.05, 3.63) is 47.9 Å².